The Labute approximate surface area is 106 Å². The summed E-state index contributed by atoms with van der Waals surface area (Å²) in [7, 11) is 1.33. The van der Waals surface area contributed by atoms with E-state index >= 15 is 0 Å². The molecule has 0 saturated carbocycles. The number of nitrogens with two attached hydrogens (primary N) is 1. The molecule has 1 aliphatic heterocycles. The summed E-state index contributed by atoms with van der Waals surface area (Å²) in [5.41, 5.74) is 5.58. The first-order valence-electron chi connectivity index (χ1n) is 5.84. The summed E-state index contributed by atoms with van der Waals surface area (Å²) in [6.07, 6.45) is 2.78. The first-order chi connectivity index (χ1) is 8.15. The van der Waals surface area contributed by atoms with Crippen molar-refractivity contribution in [3.8, 4) is 0 Å². The maximum atomic E-state index is 11.7. The van der Waals surface area contributed by atoms with E-state index in [0.29, 0.717) is 17.9 Å². The van der Waals surface area contributed by atoms with Crippen LogP contribution in [-0.2, 0) is 14.3 Å². The largest absolute Gasteiger partial charge is 0.468 e. The fraction of sp³-hybridized carbons (Fsp3) is 0.818. The highest BCUT2D eigenvalue weighted by Crippen LogP contribution is 2.11. The normalized spacial score (nSPS) is 16.9. The van der Waals surface area contributed by atoms with E-state index in [1.54, 1.807) is 0 Å². The van der Waals surface area contributed by atoms with Crippen LogP contribution >= 0.6 is 11.8 Å². The predicted molar refractivity (Wildman–Crippen MR) is 67.7 cm³/mol. The zero-order valence-electron chi connectivity index (χ0n) is 10.2. The van der Waals surface area contributed by atoms with E-state index in [-0.39, 0.29) is 5.91 Å². The summed E-state index contributed by atoms with van der Waals surface area (Å²) < 4.78 is 4.52. The highest BCUT2D eigenvalue weighted by Gasteiger charge is 2.18. The van der Waals surface area contributed by atoms with Crippen molar-refractivity contribution in [3.05, 3.63) is 0 Å². The maximum Gasteiger partial charge on any atom is 0.322 e. The van der Waals surface area contributed by atoms with Crippen molar-refractivity contribution < 1.29 is 14.3 Å². The van der Waals surface area contributed by atoms with Crippen LogP contribution in [0, 0.1) is 0 Å². The Balaban J connectivity index is 2.07. The van der Waals surface area contributed by atoms with Gasteiger partial charge in [0.2, 0.25) is 5.91 Å². The molecule has 5 nitrogen and oxygen atoms in total. The molecule has 0 aliphatic carbocycles. The lowest BCUT2D eigenvalue weighted by atomic mass is 10.2. The van der Waals surface area contributed by atoms with Crippen LogP contribution in [0.2, 0.25) is 0 Å². The molecule has 1 unspecified atom stereocenters. The van der Waals surface area contributed by atoms with Gasteiger partial charge in [-0.2, -0.15) is 11.8 Å². The smallest absolute Gasteiger partial charge is 0.322 e. The molecule has 1 fully saturated rings. The van der Waals surface area contributed by atoms with Gasteiger partial charge in [-0.05, 0) is 25.0 Å². The number of hydrogen-bond donors (Lipinski definition) is 1. The maximum absolute atomic E-state index is 11.7. The number of methoxy groups -OCH3 is 1. The molecule has 0 aromatic carbocycles. The van der Waals surface area contributed by atoms with Crippen LogP contribution in [0.4, 0.5) is 0 Å². The van der Waals surface area contributed by atoms with Crippen molar-refractivity contribution in [2.45, 2.75) is 25.3 Å². The fourth-order valence-corrected chi connectivity index (χ4v) is 2.62. The van der Waals surface area contributed by atoms with Gasteiger partial charge in [-0.25, -0.2) is 0 Å². The minimum Gasteiger partial charge on any atom is -0.468 e. The predicted octanol–water partition coefficient (Wildman–Crippen LogP) is 0.232. The van der Waals surface area contributed by atoms with E-state index in [4.69, 9.17) is 5.73 Å². The third-order valence-corrected chi connectivity index (χ3v) is 3.74. The molecule has 1 saturated heterocycles. The lowest BCUT2D eigenvalue weighted by Crippen LogP contribution is -2.32. The van der Waals surface area contributed by atoms with Crippen LogP contribution in [0.15, 0.2) is 0 Å². The number of likely N-dealkylation sites (tertiary alicyclic amines) is 1. The third kappa shape index (κ3) is 4.95. The van der Waals surface area contributed by atoms with Gasteiger partial charge in [-0.15, -0.1) is 0 Å². The molecule has 0 radical (unpaired) electrons. The Kier molecular flexibility index (Phi) is 6.36. The zero-order valence-corrected chi connectivity index (χ0v) is 11.0. The van der Waals surface area contributed by atoms with Crippen LogP contribution in [0.1, 0.15) is 19.3 Å². The van der Waals surface area contributed by atoms with Gasteiger partial charge >= 0.3 is 5.97 Å². The van der Waals surface area contributed by atoms with Crippen molar-refractivity contribution >= 4 is 23.6 Å². The molecule has 1 atom stereocenters. The standard InChI is InChI=1S/C11H20N2O3S/c1-16-11(15)9(12)4-7-17-8-10(14)13-5-2-3-6-13/h9H,2-8,12H2,1H3. The van der Waals surface area contributed by atoms with Crippen LogP contribution < -0.4 is 5.73 Å². The van der Waals surface area contributed by atoms with E-state index in [1.807, 2.05) is 4.90 Å². The Morgan fingerprint density at radius 2 is 2.06 bits per heavy atom. The van der Waals surface area contributed by atoms with Crippen LogP contribution in [-0.4, -0.2) is 54.5 Å². The molecule has 0 aromatic heterocycles. The fourth-order valence-electron chi connectivity index (χ4n) is 1.70. The second-order valence-corrected chi connectivity index (χ2v) is 5.16. The number of carbonyl (C=O) groups excluding carboxylic acids is 2. The van der Waals surface area contributed by atoms with Crippen molar-refractivity contribution in [1.29, 1.82) is 0 Å². The summed E-state index contributed by atoms with van der Waals surface area (Å²) in [6, 6.07) is -0.575. The molecule has 17 heavy (non-hydrogen) atoms. The van der Waals surface area contributed by atoms with Crippen molar-refractivity contribution in [2.75, 3.05) is 31.7 Å². The monoisotopic (exact) mass is 260 g/mol. The minimum absolute atomic E-state index is 0.194. The van der Waals surface area contributed by atoms with Gasteiger partial charge < -0.3 is 15.4 Å². The number of esters is 1. The SMILES string of the molecule is COC(=O)C(N)CCSCC(=O)N1CCCC1. The highest BCUT2D eigenvalue weighted by atomic mass is 32.2. The lowest BCUT2D eigenvalue weighted by molar-refractivity contribution is -0.142. The van der Waals surface area contributed by atoms with Gasteiger partial charge in [0.1, 0.15) is 6.04 Å². The molecule has 98 valence electrons. The summed E-state index contributed by atoms with van der Waals surface area (Å²) in [6.45, 7) is 1.78. The topological polar surface area (TPSA) is 72.6 Å². The Bertz CT molecular complexity index is 267. The molecular weight excluding hydrogens is 240 g/mol. The first kappa shape index (κ1) is 14.3. The average Bonchev–Trinajstić information content (AvgIpc) is 2.86. The Morgan fingerprint density at radius 1 is 1.41 bits per heavy atom. The summed E-state index contributed by atoms with van der Waals surface area (Å²) >= 11 is 1.53. The number of rotatable bonds is 6. The van der Waals surface area contributed by atoms with Crippen LogP contribution in [0.3, 0.4) is 0 Å². The number of amides is 1. The second-order valence-electron chi connectivity index (χ2n) is 4.06. The Morgan fingerprint density at radius 3 is 2.65 bits per heavy atom. The molecular formula is C11H20N2O3S. The minimum atomic E-state index is -0.575. The second kappa shape index (κ2) is 7.55. The third-order valence-electron chi connectivity index (χ3n) is 2.76. The molecule has 1 rings (SSSR count). The zero-order chi connectivity index (χ0) is 12.7. The van der Waals surface area contributed by atoms with Crippen molar-refractivity contribution in [1.82, 2.24) is 4.90 Å². The number of carbonyl (C=O) groups is 2. The molecule has 1 aliphatic rings. The summed E-state index contributed by atoms with van der Waals surface area (Å²) in [4.78, 5) is 24.6. The molecule has 6 heteroatoms. The van der Waals surface area contributed by atoms with E-state index in [9.17, 15) is 9.59 Å². The van der Waals surface area contributed by atoms with Crippen LogP contribution in [0.5, 0.6) is 0 Å². The average molecular weight is 260 g/mol. The molecule has 2 N–H and O–H groups in total. The first-order valence-corrected chi connectivity index (χ1v) is 6.99. The van der Waals surface area contributed by atoms with Gasteiger partial charge in [-0.1, -0.05) is 0 Å². The summed E-state index contributed by atoms with van der Waals surface area (Å²) in [5, 5.41) is 0. The summed E-state index contributed by atoms with van der Waals surface area (Å²) in [5.74, 6) is 0.986. The number of ether oxygens (including phenoxy) is 1. The van der Waals surface area contributed by atoms with Gasteiger partial charge in [0.25, 0.3) is 0 Å². The lowest BCUT2D eigenvalue weighted by Gasteiger charge is -2.15. The molecule has 0 bridgehead atoms. The molecule has 0 spiro atoms. The van der Waals surface area contributed by atoms with E-state index in [1.165, 1.54) is 18.9 Å². The van der Waals surface area contributed by atoms with Gasteiger partial charge in [-0.3, -0.25) is 9.59 Å². The molecule has 1 amide bonds. The van der Waals surface area contributed by atoms with Gasteiger partial charge in [0, 0.05) is 13.1 Å². The highest BCUT2D eigenvalue weighted by molar-refractivity contribution is 7.99. The van der Waals surface area contributed by atoms with Crippen molar-refractivity contribution in [2.24, 2.45) is 5.73 Å². The number of thioether (sulfide) groups is 1. The van der Waals surface area contributed by atoms with E-state index in [0.717, 1.165) is 25.9 Å². The quantitative estimate of drug-likeness (QED) is 0.547. The molecule has 1 heterocycles. The molecule has 0 aromatic rings. The van der Waals surface area contributed by atoms with Crippen LogP contribution in [0.25, 0.3) is 0 Å². The van der Waals surface area contributed by atoms with Gasteiger partial charge in [0.15, 0.2) is 0 Å². The van der Waals surface area contributed by atoms with Crippen molar-refractivity contribution in [3.63, 3.8) is 0 Å². The van der Waals surface area contributed by atoms with E-state index < -0.39 is 12.0 Å². The Hall–Kier alpha value is -0.750. The number of nitrogens with zero attached hydrogens (tertiary/aromatic N) is 1. The number of hydrogen-bond acceptors (Lipinski definition) is 5. The van der Waals surface area contributed by atoms with E-state index in [2.05, 4.69) is 4.74 Å². The van der Waals surface area contributed by atoms with Gasteiger partial charge in [0.05, 0.1) is 12.9 Å².